The van der Waals surface area contributed by atoms with Crippen LogP contribution in [0.2, 0.25) is 0 Å². The van der Waals surface area contributed by atoms with Gasteiger partial charge in [-0.3, -0.25) is 0 Å². The van der Waals surface area contributed by atoms with E-state index in [1.165, 1.54) is 12.1 Å². The molecule has 0 atom stereocenters. The second kappa shape index (κ2) is 8.04. The van der Waals surface area contributed by atoms with E-state index >= 15 is 0 Å². The first kappa shape index (κ1) is 13.9. The van der Waals surface area contributed by atoms with E-state index in [4.69, 9.17) is 11.6 Å². The van der Waals surface area contributed by atoms with E-state index < -0.39 is 0 Å². The lowest BCUT2D eigenvalue weighted by atomic mass is 10.2. The van der Waals surface area contributed by atoms with Gasteiger partial charge in [0.15, 0.2) is 0 Å². The average molecular weight is 309 g/mol. The van der Waals surface area contributed by atoms with Gasteiger partial charge in [0.1, 0.15) is 5.82 Å². The molecule has 1 N–H and O–H groups in total. The van der Waals surface area contributed by atoms with E-state index in [-0.39, 0.29) is 5.82 Å². The van der Waals surface area contributed by atoms with Gasteiger partial charge in [-0.25, -0.2) is 4.39 Å². The lowest BCUT2D eigenvalue weighted by Crippen LogP contribution is -2.15. The fourth-order valence-corrected chi connectivity index (χ4v) is 2.09. The van der Waals surface area contributed by atoms with Crippen molar-refractivity contribution in [2.75, 3.05) is 12.4 Å². The van der Waals surface area contributed by atoms with Crippen LogP contribution in [0.25, 0.3) is 0 Å². The maximum Gasteiger partial charge on any atom is 0.124 e. The number of hydrogen-bond acceptors (Lipinski definition) is 1. The summed E-state index contributed by atoms with van der Waals surface area (Å²) in [6.07, 6.45) is 3.36. The van der Waals surface area contributed by atoms with Crippen LogP contribution in [0.15, 0.2) is 22.7 Å². The Bertz CT molecular complexity index is 320. The predicted octanol–water partition coefficient (Wildman–Crippen LogP) is 4.09. The van der Waals surface area contributed by atoms with Crippen molar-refractivity contribution in [3.63, 3.8) is 0 Å². The highest BCUT2D eigenvalue weighted by Gasteiger charge is 2.00. The molecule has 1 aromatic carbocycles. The number of hydrogen-bond donors (Lipinski definition) is 1. The van der Waals surface area contributed by atoms with Crippen LogP contribution in [0.1, 0.15) is 24.8 Å². The Hall–Kier alpha value is -0.120. The Labute approximate surface area is 110 Å². The normalized spacial score (nSPS) is 10.7. The summed E-state index contributed by atoms with van der Waals surface area (Å²) in [5.41, 5.74) is 1.08. The van der Waals surface area contributed by atoms with E-state index in [2.05, 4.69) is 21.2 Å². The summed E-state index contributed by atoms with van der Waals surface area (Å²) in [5, 5.41) is 3.33. The van der Waals surface area contributed by atoms with Crippen LogP contribution in [0, 0.1) is 5.82 Å². The number of rotatable bonds is 7. The number of nitrogens with one attached hydrogen (secondary N) is 1. The van der Waals surface area contributed by atoms with Gasteiger partial charge in [-0.2, -0.15) is 0 Å². The molecule has 0 amide bonds. The third-order valence-corrected chi connectivity index (χ3v) is 3.32. The monoisotopic (exact) mass is 307 g/mol. The van der Waals surface area contributed by atoms with Gasteiger partial charge in [0.25, 0.3) is 0 Å². The van der Waals surface area contributed by atoms with Gasteiger partial charge >= 0.3 is 0 Å². The van der Waals surface area contributed by atoms with E-state index in [0.29, 0.717) is 0 Å². The van der Waals surface area contributed by atoms with Crippen molar-refractivity contribution in [3.05, 3.63) is 34.1 Å². The van der Waals surface area contributed by atoms with E-state index in [0.717, 1.165) is 48.3 Å². The molecule has 0 aliphatic heterocycles. The molecule has 0 saturated carbocycles. The maximum atomic E-state index is 12.8. The number of benzene rings is 1. The van der Waals surface area contributed by atoms with Gasteiger partial charge in [-0.05, 0) is 37.1 Å². The minimum atomic E-state index is -0.210. The van der Waals surface area contributed by atoms with E-state index in [1.54, 1.807) is 6.07 Å². The molecule has 1 rings (SSSR count). The van der Waals surface area contributed by atoms with Crippen LogP contribution in [0.3, 0.4) is 0 Å². The van der Waals surface area contributed by atoms with Crippen molar-refractivity contribution in [1.82, 2.24) is 5.32 Å². The largest absolute Gasteiger partial charge is 0.313 e. The molecule has 0 unspecified atom stereocenters. The molecule has 0 heterocycles. The summed E-state index contributed by atoms with van der Waals surface area (Å²) >= 11 is 8.93. The molecule has 90 valence electrons. The van der Waals surface area contributed by atoms with Crippen molar-refractivity contribution in [2.45, 2.75) is 25.8 Å². The zero-order chi connectivity index (χ0) is 11.8. The molecule has 1 nitrogen and oxygen atoms in total. The number of halogens is 3. The Morgan fingerprint density at radius 2 is 2.06 bits per heavy atom. The molecule has 0 fully saturated rings. The van der Waals surface area contributed by atoms with Gasteiger partial charge in [-0.15, -0.1) is 11.6 Å². The first-order valence-electron chi connectivity index (χ1n) is 5.44. The van der Waals surface area contributed by atoms with Crippen LogP contribution < -0.4 is 5.32 Å². The topological polar surface area (TPSA) is 12.0 Å². The molecule has 0 aliphatic rings. The van der Waals surface area contributed by atoms with Crippen molar-refractivity contribution in [3.8, 4) is 0 Å². The van der Waals surface area contributed by atoms with Crippen LogP contribution >= 0.6 is 27.5 Å². The highest BCUT2D eigenvalue weighted by Crippen LogP contribution is 2.17. The Balaban J connectivity index is 2.21. The first-order chi connectivity index (χ1) is 7.74. The molecule has 0 spiro atoms. The lowest BCUT2D eigenvalue weighted by molar-refractivity contribution is 0.610. The molecule has 0 radical (unpaired) electrons. The number of unbranched alkanes of at least 4 members (excludes halogenated alkanes) is 2. The fraction of sp³-hybridized carbons (Fsp3) is 0.500. The van der Waals surface area contributed by atoms with Gasteiger partial charge in [0, 0.05) is 16.9 Å². The van der Waals surface area contributed by atoms with Crippen LogP contribution in [-0.4, -0.2) is 12.4 Å². The van der Waals surface area contributed by atoms with E-state index in [1.807, 2.05) is 0 Å². The van der Waals surface area contributed by atoms with Crippen LogP contribution in [0.5, 0.6) is 0 Å². The van der Waals surface area contributed by atoms with Gasteiger partial charge < -0.3 is 5.32 Å². The first-order valence-corrected chi connectivity index (χ1v) is 6.77. The van der Waals surface area contributed by atoms with Crippen molar-refractivity contribution >= 4 is 27.5 Å². The average Bonchev–Trinajstić information content (AvgIpc) is 2.26. The molecule has 0 aliphatic carbocycles. The van der Waals surface area contributed by atoms with Crippen LogP contribution in [-0.2, 0) is 6.54 Å². The smallest absolute Gasteiger partial charge is 0.124 e. The summed E-state index contributed by atoms with van der Waals surface area (Å²) < 4.78 is 13.6. The Morgan fingerprint density at radius 3 is 2.75 bits per heavy atom. The van der Waals surface area contributed by atoms with Crippen LogP contribution in [0.4, 0.5) is 4.39 Å². The minimum Gasteiger partial charge on any atom is -0.313 e. The molecule has 16 heavy (non-hydrogen) atoms. The third kappa shape index (κ3) is 5.28. The second-order valence-corrected chi connectivity index (χ2v) is 4.89. The SMILES string of the molecule is Fc1ccc(CNCCCCCCl)c(Br)c1. The summed E-state index contributed by atoms with van der Waals surface area (Å²) in [5.74, 6) is 0.529. The van der Waals surface area contributed by atoms with E-state index in [9.17, 15) is 4.39 Å². The molecule has 0 bridgehead atoms. The minimum absolute atomic E-state index is 0.210. The second-order valence-electron chi connectivity index (χ2n) is 3.66. The number of alkyl halides is 1. The predicted molar refractivity (Wildman–Crippen MR) is 70.4 cm³/mol. The third-order valence-electron chi connectivity index (χ3n) is 2.32. The zero-order valence-electron chi connectivity index (χ0n) is 9.11. The maximum absolute atomic E-state index is 12.8. The summed E-state index contributed by atoms with van der Waals surface area (Å²) in [6.45, 7) is 1.74. The Morgan fingerprint density at radius 1 is 1.25 bits per heavy atom. The van der Waals surface area contributed by atoms with Crippen molar-refractivity contribution < 1.29 is 4.39 Å². The molecule has 0 aromatic heterocycles. The van der Waals surface area contributed by atoms with Gasteiger partial charge in [0.05, 0.1) is 0 Å². The van der Waals surface area contributed by atoms with Crippen molar-refractivity contribution in [2.24, 2.45) is 0 Å². The highest BCUT2D eigenvalue weighted by molar-refractivity contribution is 9.10. The summed E-state index contributed by atoms with van der Waals surface area (Å²) in [7, 11) is 0. The standard InChI is InChI=1S/C12H16BrClFN/c13-12-8-11(15)5-4-10(12)9-16-7-3-1-2-6-14/h4-5,8,16H,1-3,6-7,9H2. The molecular formula is C12H16BrClFN. The molecule has 0 saturated heterocycles. The van der Waals surface area contributed by atoms with Gasteiger partial charge in [-0.1, -0.05) is 28.4 Å². The van der Waals surface area contributed by atoms with Crippen molar-refractivity contribution in [1.29, 1.82) is 0 Å². The highest BCUT2D eigenvalue weighted by atomic mass is 79.9. The Kier molecular flexibility index (Phi) is 7.01. The molecular weight excluding hydrogens is 292 g/mol. The fourth-order valence-electron chi connectivity index (χ4n) is 1.41. The quantitative estimate of drug-likeness (QED) is 0.591. The zero-order valence-corrected chi connectivity index (χ0v) is 11.5. The molecule has 4 heteroatoms. The molecule has 1 aromatic rings. The lowest BCUT2D eigenvalue weighted by Gasteiger charge is -2.06. The van der Waals surface area contributed by atoms with Gasteiger partial charge in [0.2, 0.25) is 0 Å². The summed E-state index contributed by atoms with van der Waals surface area (Å²) in [6, 6.07) is 4.77. The summed E-state index contributed by atoms with van der Waals surface area (Å²) in [4.78, 5) is 0.